The summed E-state index contributed by atoms with van der Waals surface area (Å²) in [6.07, 6.45) is 6.89. The van der Waals surface area contributed by atoms with Gasteiger partial charge >= 0.3 is 0 Å². The molecule has 20 heavy (non-hydrogen) atoms. The summed E-state index contributed by atoms with van der Waals surface area (Å²) >= 11 is 0. The van der Waals surface area contributed by atoms with Crippen molar-refractivity contribution < 1.29 is 0 Å². The van der Waals surface area contributed by atoms with Crippen molar-refractivity contribution in [2.24, 2.45) is 5.92 Å². The number of hydrogen-bond acceptors (Lipinski definition) is 2. The van der Waals surface area contributed by atoms with Gasteiger partial charge in [-0.05, 0) is 38.4 Å². The Balaban J connectivity index is 1.89. The van der Waals surface area contributed by atoms with Crippen LogP contribution in [0.4, 0.5) is 0 Å². The van der Waals surface area contributed by atoms with E-state index in [-0.39, 0.29) is 0 Å². The van der Waals surface area contributed by atoms with Crippen LogP contribution in [0.15, 0.2) is 30.3 Å². The molecule has 0 saturated heterocycles. The van der Waals surface area contributed by atoms with Crippen molar-refractivity contribution in [3.05, 3.63) is 35.9 Å². The van der Waals surface area contributed by atoms with Crippen LogP contribution in [-0.4, -0.2) is 31.6 Å². The fraction of sp³-hybridized carbons (Fsp3) is 0.667. The van der Waals surface area contributed by atoms with Crippen LogP contribution in [-0.2, 0) is 0 Å². The highest BCUT2D eigenvalue weighted by Crippen LogP contribution is 2.27. The first-order valence-electron chi connectivity index (χ1n) is 8.15. The van der Waals surface area contributed by atoms with E-state index >= 15 is 0 Å². The third-order valence-corrected chi connectivity index (χ3v) is 4.77. The molecule has 112 valence electrons. The predicted octanol–water partition coefficient (Wildman–Crippen LogP) is 3.85. The second-order valence-electron chi connectivity index (χ2n) is 6.44. The topological polar surface area (TPSA) is 15.3 Å². The first-order chi connectivity index (χ1) is 9.70. The van der Waals surface area contributed by atoms with Gasteiger partial charge in [0, 0.05) is 18.6 Å². The number of nitrogens with zero attached hydrogens (tertiary/aromatic N) is 1. The molecule has 2 heteroatoms. The molecule has 2 nitrogen and oxygen atoms in total. The van der Waals surface area contributed by atoms with Crippen molar-refractivity contribution in [3.63, 3.8) is 0 Å². The summed E-state index contributed by atoms with van der Waals surface area (Å²) in [6, 6.07) is 12.0. The minimum atomic E-state index is 0.471. The molecule has 1 N–H and O–H groups in total. The van der Waals surface area contributed by atoms with Gasteiger partial charge in [-0.1, -0.05) is 56.5 Å². The van der Waals surface area contributed by atoms with Crippen LogP contribution in [0.2, 0.25) is 0 Å². The van der Waals surface area contributed by atoms with E-state index in [1.54, 1.807) is 0 Å². The molecule has 0 aliphatic heterocycles. The lowest BCUT2D eigenvalue weighted by Gasteiger charge is -2.32. The van der Waals surface area contributed by atoms with E-state index in [0.29, 0.717) is 6.04 Å². The van der Waals surface area contributed by atoms with Crippen molar-refractivity contribution >= 4 is 0 Å². The summed E-state index contributed by atoms with van der Waals surface area (Å²) in [7, 11) is 4.35. The number of hydrogen-bond donors (Lipinski definition) is 1. The highest BCUT2D eigenvalue weighted by Gasteiger charge is 2.22. The Morgan fingerprint density at radius 3 is 2.60 bits per heavy atom. The maximum Gasteiger partial charge on any atom is 0.0466 e. The van der Waals surface area contributed by atoms with Crippen LogP contribution in [0.5, 0.6) is 0 Å². The Bertz CT molecular complexity index is 374. The lowest BCUT2D eigenvalue weighted by atomic mass is 9.84. The number of nitrogens with one attached hydrogen (secondary N) is 1. The second kappa shape index (κ2) is 7.80. The Kier molecular flexibility index (Phi) is 6.06. The fourth-order valence-corrected chi connectivity index (χ4v) is 3.40. The van der Waals surface area contributed by atoms with Gasteiger partial charge in [-0.2, -0.15) is 0 Å². The minimum Gasteiger partial charge on any atom is -0.312 e. The largest absolute Gasteiger partial charge is 0.312 e. The first-order valence-corrected chi connectivity index (χ1v) is 8.15. The van der Waals surface area contributed by atoms with Gasteiger partial charge in [-0.15, -0.1) is 0 Å². The zero-order chi connectivity index (χ0) is 14.4. The minimum absolute atomic E-state index is 0.471. The van der Waals surface area contributed by atoms with Crippen LogP contribution < -0.4 is 5.32 Å². The van der Waals surface area contributed by atoms with Gasteiger partial charge < -0.3 is 10.2 Å². The highest BCUT2D eigenvalue weighted by atomic mass is 15.1. The van der Waals surface area contributed by atoms with Gasteiger partial charge in [0.25, 0.3) is 0 Å². The zero-order valence-corrected chi connectivity index (χ0v) is 13.3. The monoisotopic (exact) mass is 274 g/mol. The standard InChI is InChI=1S/C18H30N2/c1-4-15-9-8-12-17(13-15)19-14-18(20(2)3)16-10-6-5-7-11-16/h5-7,10-11,15,17-19H,4,8-9,12-14H2,1-3H3. The molecule has 0 radical (unpaired) electrons. The zero-order valence-electron chi connectivity index (χ0n) is 13.3. The molecule has 0 heterocycles. The molecular formula is C18H30N2. The van der Waals surface area contributed by atoms with Gasteiger partial charge in [0.1, 0.15) is 0 Å². The molecule has 1 aromatic rings. The molecule has 3 atom stereocenters. The van der Waals surface area contributed by atoms with Gasteiger partial charge in [0.15, 0.2) is 0 Å². The normalized spacial score (nSPS) is 24.8. The highest BCUT2D eigenvalue weighted by molar-refractivity contribution is 5.19. The summed E-state index contributed by atoms with van der Waals surface area (Å²) in [5.41, 5.74) is 1.41. The van der Waals surface area contributed by atoms with Crippen LogP contribution >= 0.6 is 0 Å². The van der Waals surface area contributed by atoms with Crippen LogP contribution in [0.1, 0.15) is 50.6 Å². The van der Waals surface area contributed by atoms with Gasteiger partial charge in [0.05, 0.1) is 0 Å². The van der Waals surface area contributed by atoms with Crippen molar-refractivity contribution in [1.29, 1.82) is 0 Å². The Labute approximate surface area is 124 Å². The van der Waals surface area contributed by atoms with E-state index in [1.807, 2.05) is 0 Å². The number of rotatable bonds is 6. The molecule has 3 unspecified atom stereocenters. The van der Waals surface area contributed by atoms with Gasteiger partial charge in [0.2, 0.25) is 0 Å². The third kappa shape index (κ3) is 4.32. The molecule has 1 fully saturated rings. The molecule has 1 aliphatic rings. The Morgan fingerprint density at radius 2 is 1.95 bits per heavy atom. The van der Waals surface area contributed by atoms with Crippen molar-refractivity contribution in [2.45, 2.75) is 51.1 Å². The van der Waals surface area contributed by atoms with E-state index in [4.69, 9.17) is 0 Å². The van der Waals surface area contributed by atoms with Crippen LogP contribution in [0.3, 0.4) is 0 Å². The van der Waals surface area contributed by atoms with E-state index in [1.165, 1.54) is 37.7 Å². The van der Waals surface area contributed by atoms with E-state index in [2.05, 4.69) is 61.6 Å². The second-order valence-corrected chi connectivity index (χ2v) is 6.44. The van der Waals surface area contributed by atoms with E-state index in [9.17, 15) is 0 Å². The Hall–Kier alpha value is -0.860. The lowest BCUT2D eigenvalue weighted by Crippen LogP contribution is -2.39. The smallest absolute Gasteiger partial charge is 0.0466 e. The lowest BCUT2D eigenvalue weighted by molar-refractivity contribution is 0.239. The molecule has 0 spiro atoms. The van der Waals surface area contributed by atoms with Crippen molar-refractivity contribution in [2.75, 3.05) is 20.6 Å². The SMILES string of the molecule is CCC1CCCC(NCC(c2ccccc2)N(C)C)C1. The third-order valence-electron chi connectivity index (χ3n) is 4.77. The molecule has 1 aromatic carbocycles. The molecule has 0 bridgehead atoms. The maximum absolute atomic E-state index is 3.82. The number of benzene rings is 1. The van der Waals surface area contributed by atoms with E-state index < -0.39 is 0 Å². The molecule has 0 aromatic heterocycles. The van der Waals surface area contributed by atoms with Gasteiger partial charge in [-0.25, -0.2) is 0 Å². The van der Waals surface area contributed by atoms with Crippen LogP contribution in [0, 0.1) is 5.92 Å². The molecule has 0 amide bonds. The van der Waals surface area contributed by atoms with Crippen molar-refractivity contribution in [1.82, 2.24) is 10.2 Å². The first kappa shape index (κ1) is 15.5. The summed E-state index contributed by atoms with van der Waals surface area (Å²) in [5.74, 6) is 0.941. The fourth-order valence-electron chi connectivity index (χ4n) is 3.40. The molecular weight excluding hydrogens is 244 g/mol. The maximum atomic E-state index is 3.82. The van der Waals surface area contributed by atoms with Crippen molar-refractivity contribution in [3.8, 4) is 0 Å². The average Bonchev–Trinajstić information content (AvgIpc) is 2.48. The van der Waals surface area contributed by atoms with Gasteiger partial charge in [-0.3, -0.25) is 0 Å². The quantitative estimate of drug-likeness (QED) is 0.847. The molecule has 2 rings (SSSR count). The van der Waals surface area contributed by atoms with Crippen LogP contribution in [0.25, 0.3) is 0 Å². The Morgan fingerprint density at radius 1 is 1.20 bits per heavy atom. The summed E-state index contributed by atoms with van der Waals surface area (Å²) in [6.45, 7) is 3.39. The summed E-state index contributed by atoms with van der Waals surface area (Å²) in [4.78, 5) is 2.32. The number of likely N-dealkylation sites (N-methyl/N-ethyl adjacent to an activating group) is 1. The molecule has 1 aliphatic carbocycles. The summed E-state index contributed by atoms with van der Waals surface area (Å²) < 4.78 is 0. The average molecular weight is 274 g/mol. The van der Waals surface area contributed by atoms with E-state index in [0.717, 1.165) is 18.5 Å². The predicted molar refractivity (Wildman–Crippen MR) is 86.9 cm³/mol. The summed E-state index contributed by atoms with van der Waals surface area (Å²) in [5, 5.41) is 3.82. The molecule has 1 saturated carbocycles.